The summed E-state index contributed by atoms with van der Waals surface area (Å²) in [6.45, 7) is 1.95. The van der Waals surface area contributed by atoms with E-state index in [1.165, 1.54) is 12.1 Å². The fourth-order valence-corrected chi connectivity index (χ4v) is 1.15. The maximum Gasteiger partial charge on any atom is 0.339 e. The number of hydrogen-bond acceptors (Lipinski definition) is 3. The smallest absolute Gasteiger partial charge is 0.339 e. The topological polar surface area (TPSA) is 63.6 Å². The van der Waals surface area contributed by atoms with Crippen molar-refractivity contribution in [2.75, 3.05) is 6.61 Å². The van der Waals surface area contributed by atoms with Gasteiger partial charge in [-0.1, -0.05) is 24.3 Å². The molecule has 84 valence electrons. The summed E-state index contributed by atoms with van der Waals surface area (Å²) in [5.41, 5.74) is 0.0208. The number of hydrogen-bond donors (Lipinski definition) is 1. The molecule has 1 N–H and O–H groups in total. The van der Waals surface area contributed by atoms with E-state index in [0.29, 0.717) is 0 Å². The van der Waals surface area contributed by atoms with Crippen LogP contribution < -0.4 is 0 Å². The fourth-order valence-electron chi connectivity index (χ4n) is 1.15. The van der Waals surface area contributed by atoms with Gasteiger partial charge in [-0.25, -0.2) is 9.59 Å². The molecule has 0 amide bonds. The van der Waals surface area contributed by atoms with Gasteiger partial charge in [0.15, 0.2) is 0 Å². The monoisotopic (exact) mass is 220 g/mol. The molecule has 4 heteroatoms. The highest BCUT2D eigenvalue weighted by Crippen LogP contribution is 2.10. The van der Waals surface area contributed by atoms with Crippen molar-refractivity contribution < 1.29 is 19.4 Å². The van der Waals surface area contributed by atoms with Gasteiger partial charge in [0.2, 0.25) is 0 Å². The van der Waals surface area contributed by atoms with Gasteiger partial charge >= 0.3 is 11.9 Å². The van der Waals surface area contributed by atoms with Crippen molar-refractivity contribution in [3.63, 3.8) is 0 Å². The molecule has 0 aliphatic rings. The Morgan fingerprint density at radius 1 is 1.31 bits per heavy atom. The summed E-state index contributed by atoms with van der Waals surface area (Å²) in [6.07, 6.45) is 3.41. The third-order valence-corrected chi connectivity index (χ3v) is 1.92. The van der Waals surface area contributed by atoms with Gasteiger partial charge in [-0.15, -0.1) is 0 Å². The molecule has 4 nitrogen and oxygen atoms in total. The van der Waals surface area contributed by atoms with E-state index in [0.717, 1.165) is 0 Å². The molecule has 0 saturated heterocycles. The fraction of sp³-hybridized carbons (Fsp3) is 0.167. The zero-order valence-corrected chi connectivity index (χ0v) is 8.84. The Morgan fingerprint density at radius 2 is 1.94 bits per heavy atom. The minimum absolute atomic E-state index is 0.0482. The molecule has 0 aromatic heterocycles. The van der Waals surface area contributed by atoms with Gasteiger partial charge in [0, 0.05) is 0 Å². The number of carboxylic acids is 1. The molecule has 0 radical (unpaired) electrons. The molecule has 0 bridgehead atoms. The summed E-state index contributed by atoms with van der Waals surface area (Å²) >= 11 is 0. The lowest BCUT2D eigenvalue weighted by molar-refractivity contribution is 0.0536. The van der Waals surface area contributed by atoms with E-state index >= 15 is 0 Å². The van der Waals surface area contributed by atoms with E-state index in [4.69, 9.17) is 9.84 Å². The Kier molecular flexibility index (Phi) is 4.27. The van der Waals surface area contributed by atoms with Crippen LogP contribution in [0.2, 0.25) is 0 Å². The number of allylic oxidation sites excluding steroid dienone is 1. The highest BCUT2D eigenvalue weighted by Gasteiger charge is 2.16. The molecule has 0 aliphatic heterocycles. The van der Waals surface area contributed by atoms with Gasteiger partial charge in [-0.05, 0) is 19.1 Å². The summed E-state index contributed by atoms with van der Waals surface area (Å²) in [5.74, 6) is -1.77. The second kappa shape index (κ2) is 5.70. The van der Waals surface area contributed by atoms with E-state index in [2.05, 4.69) is 0 Å². The molecule has 1 aromatic carbocycles. The summed E-state index contributed by atoms with van der Waals surface area (Å²) < 4.78 is 4.87. The van der Waals surface area contributed by atoms with Crippen LogP contribution in [0.3, 0.4) is 0 Å². The molecular formula is C12H12O4. The van der Waals surface area contributed by atoms with E-state index in [9.17, 15) is 9.59 Å². The van der Waals surface area contributed by atoms with E-state index < -0.39 is 11.9 Å². The standard InChI is InChI=1S/C12H12O4/c1-2-3-8-16-12(15)10-7-5-4-6-9(10)11(13)14/h2-7H,8H2,1H3,(H,13,14)/b3-2+. The predicted molar refractivity (Wildman–Crippen MR) is 58.5 cm³/mol. The summed E-state index contributed by atoms with van der Waals surface area (Å²) in [6, 6.07) is 5.96. The van der Waals surface area contributed by atoms with Crippen LogP contribution in [0.5, 0.6) is 0 Å². The predicted octanol–water partition coefficient (Wildman–Crippen LogP) is 2.12. The van der Waals surface area contributed by atoms with Crippen LogP contribution in [0.4, 0.5) is 0 Å². The summed E-state index contributed by atoms with van der Waals surface area (Å²) in [7, 11) is 0. The Labute approximate surface area is 93.2 Å². The van der Waals surface area contributed by atoms with Crippen molar-refractivity contribution in [3.05, 3.63) is 47.5 Å². The number of carbonyl (C=O) groups is 2. The van der Waals surface area contributed by atoms with E-state index in [1.807, 2.05) is 0 Å². The Morgan fingerprint density at radius 3 is 2.50 bits per heavy atom. The van der Waals surface area contributed by atoms with Crippen LogP contribution in [-0.4, -0.2) is 23.7 Å². The highest BCUT2D eigenvalue weighted by molar-refractivity contribution is 6.02. The first-order chi connectivity index (χ1) is 7.66. The quantitative estimate of drug-likeness (QED) is 0.623. The van der Waals surface area contributed by atoms with Crippen LogP contribution in [0.15, 0.2) is 36.4 Å². The maximum absolute atomic E-state index is 11.5. The van der Waals surface area contributed by atoms with Crippen molar-refractivity contribution in [1.29, 1.82) is 0 Å². The van der Waals surface area contributed by atoms with Crippen molar-refractivity contribution in [2.45, 2.75) is 6.92 Å². The second-order valence-corrected chi connectivity index (χ2v) is 3.02. The van der Waals surface area contributed by atoms with Gasteiger partial charge in [-0.2, -0.15) is 0 Å². The molecule has 1 aromatic rings. The van der Waals surface area contributed by atoms with E-state index in [1.54, 1.807) is 31.2 Å². The van der Waals surface area contributed by atoms with Crippen molar-refractivity contribution in [2.24, 2.45) is 0 Å². The van der Waals surface area contributed by atoms with Crippen molar-refractivity contribution in [3.8, 4) is 0 Å². The molecule has 16 heavy (non-hydrogen) atoms. The molecule has 0 aliphatic carbocycles. The first kappa shape index (κ1) is 12.0. The number of carboxylic acid groups (broad SMARTS) is 1. The van der Waals surface area contributed by atoms with Crippen LogP contribution >= 0.6 is 0 Å². The molecule has 1 rings (SSSR count). The third kappa shape index (κ3) is 2.95. The lowest BCUT2D eigenvalue weighted by atomic mass is 10.1. The molecular weight excluding hydrogens is 208 g/mol. The zero-order valence-electron chi connectivity index (χ0n) is 8.84. The summed E-state index contributed by atoms with van der Waals surface area (Å²) in [5, 5.41) is 8.86. The van der Waals surface area contributed by atoms with Crippen molar-refractivity contribution >= 4 is 11.9 Å². The third-order valence-electron chi connectivity index (χ3n) is 1.92. The molecule has 0 spiro atoms. The zero-order chi connectivity index (χ0) is 12.0. The molecule has 0 heterocycles. The second-order valence-electron chi connectivity index (χ2n) is 3.02. The Bertz CT molecular complexity index is 421. The van der Waals surface area contributed by atoms with Crippen LogP contribution in [-0.2, 0) is 4.74 Å². The average molecular weight is 220 g/mol. The number of ether oxygens (including phenoxy) is 1. The SMILES string of the molecule is C/C=C/COC(=O)c1ccccc1C(=O)O. The molecule has 0 saturated carbocycles. The number of aromatic carboxylic acids is 1. The maximum atomic E-state index is 11.5. The summed E-state index contributed by atoms with van der Waals surface area (Å²) in [4.78, 5) is 22.4. The number of rotatable bonds is 4. The Hall–Kier alpha value is -2.10. The van der Waals surface area contributed by atoms with Gasteiger partial charge < -0.3 is 9.84 Å². The minimum atomic E-state index is -1.14. The molecule has 0 atom stereocenters. The van der Waals surface area contributed by atoms with Crippen LogP contribution in [0.25, 0.3) is 0 Å². The lowest BCUT2D eigenvalue weighted by Gasteiger charge is -2.04. The first-order valence-electron chi connectivity index (χ1n) is 4.77. The van der Waals surface area contributed by atoms with Gasteiger partial charge in [0.1, 0.15) is 6.61 Å². The minimum Gasteiger partial charge on any atom is -0.478 e. The normalized spacial score (nSPS) is 10.3. The number of benzene rings is 1. The number of carbonyl (C=O) groups excluding carboxylic acids is 1. The van der Waals surface area contributed by atoms with Gasteiger partial charge in [0.25, 0.3) is 0 Å². The molecule has 0 unspecified atom stereocenters. The van der Waals surface area contributed by atoms with Crippen LogP contribution in [0, 0.1) is 0 Å². The van der Waals surface area contributed by atoms with Crippen molar-refractivity contribution in [1.82, 2.24) is 0 Å². The molecule has 0 fully saturated rings. The first-order valence-corrected chi connectivity index (χ1v) is 4.77. The van der Waals surface area contributed by atoms with E-state index in [-0.39, 0.29) is 17.7 Å². The lowest BCUT2D eigenvalue weighted by Crippen LogP contribution is -2.11. The Balaban J connectivity index is 2.86. The highest BCUT2D eigenvalue weighted by atomic mass is 16.5. The number of esters is 1. The van der Waals surface area contributed by atoms with Gasteiger partial charge in [0.05, 0.1) is 11.1 Å². The largest absolute Gasteiger partial charge is 0.478 e. The van der Waals surface area contributed by atoms with Gasteiger partial charge in [-0.3, -0.25) is 0 Å². The van der Waals surface area contributed by atoms with Crippen LogP contribution in [0.1, 0.15) is 27.6 Å². The average Bonchev–Trinajstić information content (AvgIpc) is 2.29.